The molecule has 0 saturated carbocycles. The van der Waals surface area contributed by atoms with E-state index in [1.54, 1.807) is 0 Å². The van der Waals surface area contributed by atoms with Crippen molar-refractivity contribution < 1.29 is 28.6 Å². The molecule has 0 heterocycles. The van der Waals surface area contributed by atoms with Gasteiger partial charge in [0.05, 0.1) is 0 Å². The molecule has 0 aliphatic carbocycles. The smallest absolute Gasteiger partial charge is 0.306 e. The molecule has 6 heteroatoms. The average molecular weight is 942 g/mol. The highest BCUT2D eigenvalue weighted by atomic mass is 16.6. The van der Waals surface area contributed by atoms with Gasteiger partial charge in [-0.2, -0.15) is 0 Å². The van der Waals surface area contributed by atoms with Crippen LogP contribution in [0.25, 0.3) is 0 Å². The molecule has 0 aromatic carbocycles. The molecule has 0 radical (unpaired) electrons. The summed E-state index contributed by atoms with van der Waals surface area (Å²) in [6.45, 7) is 6.63. The molecular formula is C61H112O6. The zero-order valence-electron chi connectivity index (χ0n) is 44.9. The molecule has 0 aromatic rings. The molecule has 0 aliphatic rings. The van der Waals surface area contributed by atoms with Crippen molar-refractivity contribution in [3.05, 3.63) is 36.5 Å². The van der Waals surface area contributed by atoms with E-state index in [0.29, 0.717) is 19.3 Å². The van der Waals surface area contributed by atoms with Crippen LogP contribution in [0.5, 0.6) is 0 Å². The van der Waals surface area contributed by atoms with Crippen molar-refractivity contribution in [2.75, 3.05) is 13.2 Å². The number of rotatable bonds is 54. The number of hydrogen-bond donors (Lipinski definition) is 0. The first-order valence-corrected chi connectivity index (χ1v) is 29.5. The summed E-state index contributed by atoms with van der Waals surface area (Å²) in [4.78, 5) is 38.1. The van der Waals surface area contributed by atoms with Gasteiger partial charge in [-0.3, -0.25) is 14.4 Å². The van der Waals surface area contributed by atoms with Gasteiger partial charge in [0.1, 0.15) is 13.2 Å². The lowest BCUT2D eigenvalue weighted by Gasteiger charge is -2.18. The molecule has 0 aliphatic heterocycles. The number of carbonyl (C=O) groups excluding carboxylic acids is 3. The SMILES string of the molecule is CCCCC/C=C\CCCCCCCC(=O)OCC(COC(=O)CCCCCCCCCCC/C=C\CCCCCCCCCC)OC(=O)CCCCCCC/C=C\CCCCCCCCC. The van der Waals surface area contributed by atoms with Crippen LogP contribution < -0.4 is 0 Å². The van der Waals surface area contributed by atoms with Gasteiger partial charge in [-0.25, -0.2) is 0 Å². The van der Waals surface area contributed by atoms with Crippen molar-refractivity contribution in [2.45, 2.75) is 322 Å². The highest BCUT2D eigenvalue weighted by molar-refractivity contribution is 5.71. The molecule has 0 aromatic heterocycles. The van der Waals surface area contributed by atoms with Gasteiger partial charge in [-0.05, 0) is 96.3 Å². The maximum absolute atomic E-state index is 12.8. The van der Waals surface area contributed by atoms with Crippen molar-refractivity contribution in [1.82, 2.24) is 0 Å². The molecule has 0 N–H and O–H groups in total. The van der Waals surface area contributed by atoms with E-state index in [4.69, 9.17) is 14.2 Å². The van der Waals surface area contributed by atoms with Crippen LogP contribution in [-0.4, -0.2) is 37.2 Å². The third-order valence-electron chi connectivity index (χ3n) is 13.1. The van der Waals surface area contributed by atoms with Crippen LogP contribution >= 0.6 is 0 Å². The third kappa shape index (κ3) is 54.4. The fraction of sp³-hybridized carbons (Fsp3) is 0.852. The molecule has 1 atom stereocenters. The maximum atomic E-state index is 12.8. The Morgan fingerprint density at radius 1 is 0.284 bits per heavy atom. The van der Waals surface area contributed by atoms with E-state index in [-0.39, 0.29) is 31.1 Å². The van der Waals surface area contributed by atoms with Crippen molar-refractivity contribution in [3.63, 3.8) is 0 Å². The Labute approximate surface area is 416 Å². The highest BCUT2D eigenvalue weighted by Crippen LogP contribution is 2.16. The van der Waals surface area contributed by atoms with Crippen molar-refractivity contribution >= 4 is 17.9 Å². The minimum absolute atomic E-state index is 0.0770. The summed E-state index contributed by atoms with van der Waals surface area (Å²) in [5.41, 5.74) is 0. The Morgan fingerprint density at radius 3 is 0.776 bits per heavy atom. The van der Waals surface area contributed by atoms with E-state index in [9.17, 15) is 14.4 Å². The van der Waals surface area contributed by atoms with Crippen LogP contribution in [-0.2, 0) is 28.6 Å². The first-order chi connectivity index (χ1) is 33.0. The van der Waals surface area contributed by atoms with Gasteiger partial charge >= 0.3 is 17.9 Å². The van der Waals surface area contributed by atoms with Crippen LogP contribution in [0.3, 0.4) is 0 Å². The Morgan fingerprint density at radius 2 is 0.493 bits per heavy atom. The molecule has 1 unspecified atom stereocenters. The van der Waals surface area contributed by atoms with Gasteiger partial charge in [0, 0.05) is 19.3 Å². The third-order valence-corrected chi connectivity index (χ3v) is 13.1. The van der Waals surface area contributed by atoms with Crippen LogP contribution in [0, 0.1) is 0 Å². The number of allylic oxidation sites excluding steroid dienone is 6. The number of ether oxygens (including phenoxy) is 3. The Bertz CT molecular complexity index is 1130. The Kier molecular flexibility index (Phi) is 54.2. The minimum Gasteiger partial charge on any atom is -0.462 e. The summed E-state index contributed by atoms with van der Waals surface area (Å²) >= 11 is 0. The first kappa shape index (κ1) is 64.6. The second-order valence-electron chi connectivity index (χ2n) is 19.9. The molecule has 392 valence electrons. The fourth-order valence-corrected chi connectivity index (χ4v) is 8.60. The largest absolute Gasteiger partial charge is 0.462 e. The molecule has 0 spiro atoms. The minimum atomic E-state index is -0.779. The second-order valence-corrected chi connectivity index (χ2v) is 19.9. The predicted octanol–water partition coefficient (Wildman–Crippen LogP) is 19.7. The number of hydrogen-bond acceptors (Lipinski definition) is 6. The molecular weight excluding hydrogens is 829 g/mol. The van der Waals surface area contributed by atoms with Crippen molar-refractivity contribution in [2.24, 2.45) is 0 Å². The fourth-order valence-electron chi connectivity index (χ4n) is 8.60. The summed E-state index contributed by atoms with van der Waals surface area (Å²) in [6, 6.07) is 0. The molecule has 6 nitrogen and oxygen atoms in total. The number of esters is 3. The van der Waals surface area contributed by atoms with Crippen LogP contribution in [0.1, 0.15) is 316 Å². The molecule has 0 rings (SSSR count). The summed E-state index contributed by atoms with van der Waals surface area (Å²) in [5, 5.41) is 0. The van der Waals surface area contributed by atoms with Gasteiger partial charge in [-0.15, -0.1) is 0 Å². The van der Waals surface area contributed by atoms with Gasteiger partial charge in [-0.1, -0.05) is 237 Å². The van der Waals surface area contributed by atoms with Crippen LogP contribution in [0.4, 0.5) is 0 Å². The van der Waals surface area contributed by atoms with E-state index < -0.39 is 6.10 Å². The first-order valence-electron chi connectivity index (χ1n) is 29.5. The van der Waals surface area contributed by atoms with Gasteiger partial charge in [0.15, 0.2) is 6.10 Å². The topological polar surface area (TPSA) is 78.9 Å². The molecule has 0 saturated heterocycles. The number of unbranched alkanes of at least 4 members (excludes halogenated alkanes) is 37. The quantitative estimate of drug-likeness (QED) is 0.0262. The Balaban J connectivity index is 4.31. The zero-order valence-corrected chi connectivity index (χ0v) is 44.9. The molecule has 0 amide bonds. The maximum Gasteiger partial charge on any atom is 0.306 e. The summed E-state index contributed by atoms with van der Waals surface area (Å²) in [6.07, 6.45) is 67.1. The summed E-state index contributed by atoms with van der Waals surface area (Å²) in [5.74, 6) is -0.881. The zero-order chi connectivity index (χ0) is 48.6. The lowest BCUT2D eigenvalue weighted by atomic mass is 10.1. The highest BCUT2D eigenvalue weighted by Gasteiger charge is 2.19. The lowest BCUT2D eigenvalue weighted by molar-refractivity contribution is -0.167. The standard InChI is InChI=1S/C61H112O6/c1-4-7-10-13-16-19-22-25-27-29-30-31-32-33-35-36-39-42-45-48-51-54-60(63)66-57-58(56-65-59(62)53-50-47-44-41-38-24-21-18-15-12-9-6-3)67-61(64)55-52-49-46-43-40-37-34-28-26-23-20-17-14-11-8-5-2/h18,21,28-30,34,58H,4-17,19-20,22-27,31-33,35-57H2,1-3H3/b21-18-,30-29-,34-28-. The van der Waals surface area contributed by atoms with Crippen molar-refractivity contribution in [1.29, 1.82) is 0 Å². The summed E-state index contributed by atoms with van der Waals surface area (Å²) < 4.78 is 16.9. The average Bonchev–Trinajstić information content (AvgIpc) is 3.33. The van der Waals surface area contributed by atoms with E-state index >= 15 is 0 Å². The normalized spacial score (nSPS) is 12.2. The predicted molar refractivity (Wildman–Crippen MR) is 289 cm³/mol. The molecule has 0 fully saturated rings. The van der Waals surface area contributed by atoms with Crippen LogP contribution in [0.15, 0.2) is 36.5 Å². The number of carbonyl (C=O) groups is 3. The monoisotopic (exact) mass is 941 g/mol. The second kappa shape index (κ2) is 56.2. The molecule has 67 heavy (non-hydrogen) atoms. The Hall–Kier alpha value is -2.37. The van der Waals surface area contributed by atoms with Gasteiger partial charge in [0.25, 0.3) is 0 Å². The lowest BCUT2D eigenvalue weighted by Crippen LogP contribution is -2.30. The van der Waals surface area contributed by atoms with E-state index in [1.807, 2.05) is 0 Å². The van der Waals surface area contributed by atoms with Crippen LogP contribution in [0.2, 0.25) is 0 Å². The van der Waals surface area contributed by atoms with E-state index in [0.717, 1.165) is 70.6 Å². The van der Waals surface area contributed by atoms with Gasteiger partial charge in [0.2, 0.25) is 0 Å². The molecule has 0 bridgehead atoms. The van der Waals surface area contributed by atoms with E-state index in [1.165, 1.54) is 205 Å². The van der Waals surface area contributed by atoms with Gasteiger partial charge < -0.3 is 14.2 Å². The van der Waals surface area contributed by atoms with Crippen molar-refractivity contribution in [3.8, 4) is 0 Å². The van der Waals surface area contributed by atoms with E-state index in [2.05, 4.69) is 57.2 Å². The summed E-state index contributed by atoms with van der Waals surface area (Å²) in [7, 11) is 0.